The molecule has 38 heavy (non-hydrogen) atoms. The highest BCUT2D eigenvalue weighted by molar-refractivity contribution is 6.02. The summed E-state index contributed by atoms with van der Waals surface area (Å²) in [5.74, 6) is 2.04. The summed E-state index contributed by atoms with van der Waals surface area (Å²) in [5.41, 5.74) is 0.924. The number of hydrogen-bond acceptors (Lipinski definition) is 8. The molecule has 0 unspecified atom stereocenters. The van der Waals surface area contributed by atoms with Crippen LogP contribution in [0.3, 0.4) is 0 Å². The topological polar surface area (TPSA) is 89.8 Å². The number of aromatic hydroxyl groups is 1. The summed E-state index contributed by atoms with van der Waals surface area (Å²) in [5, 5.41) is 12.1. The molecule has 2 aliphatic heterocycles. The molecule has 2 fully saturated rings. The van der Waals surface area contributed by atoms with Gasteiger partial charge in [-0.15, -0.1) is 6.42 Å². The lowest BCUT2D eigenvalue weighted by molar-refractivity contribution is 0.0512. The number of benzene rings is 2. The Morgan fingerprint density at radius 1 is 1.16 bits per heavy atom. The molecule has 0 amide bonds. The predicted octanol–water partition coefficient (Wildman–Crippen LogP) is 4.66. The van der Waals surface area contributed by atoms with Gasteiger partial charge >= 0.3 is 6.01 Å². The van der Waals surface area contributed by atoms with Crippen molar-refractivity contribution in [3.05, 3.63) is 47.9 Å². The Kier molecular flexibility index (Phi) is 6.22. The zero-order chi connectivity index (χ0) is 26.3. The SMILES string of the molecule is C#Cc1cccc2cc(OCOC)cc(-c3ncc4c(O)nc(OCC56CCCN5CCC6)nc4c3F)c12. The van der Waals surface area contributed by atoms with Crippen LogP contribution in [0.1, 0.15) is 31.2 Å². The molecule has 9 heteroatoms. The maximum absolute atomic E-state index is 16.2. The van der Waals surface area contributed by atoms with Crippen molar-refractivity contribution in [3.8, 4) is 41.2 Å². The molecule has 8 nitrogen and oxygen atoms in total. The largest absolute Gasteiger partial charge is 0.493 e. The first-order valence-corrected chi connectivity index (χ1v) is 12.6. The van der Waals surface area contributed by atoms with Crippen molar-refractivity contribution in [2.75, 3.05) is 33.6 Å². The van der Waals surface area contributed by atoms with E-state index in [4.69, 9.17) is 20.6 Å². The van der Waals surface area contributed by atoms with Gasteiger partial charge in [0.15, 0.2) is 12.6 Å². The van der Waals surface area contributed by atoms with E-state index in [1.165, 1.54) is 13.3 Å². The van der Waals surface area contributed by atoms with Crippen molar-refractivity contribution in [1.82, 2.24) is 19.9 Å². The molecule has 2 aromatic carbocycles. The molecule has 2 aromatic heterocycles. The number of rotatable bonds is 7. The molecule has 0 spiro atoms. The highest BCUT2D eigenvalue weighted by Crippen LogP contribution is 2.40. The van der Waals surface area contributed by atoms with E-state index in [1.54, 1.807) is 12.1 Å². The molecule has 1 N–H and O–H groups in total. The number of pyridine rings is 1. The van der Waals surface area contributed by atoms with E-state index in [9.17, 15) is 5.11 Å². The van der Waals surface area contributed by atoms with E-state index in [2.05, 4.69) is 25.8 Å². The van der Waals surface area contributed by atoms with Crippen LogP contribution in [0.5, 0.6) is 17.6 Å². The second kappa shape index (κ2) is 9.71. The fraction of sp³-hybridized carbons (Fsp3) is 0.345. The summed E-state index contributed by atoms with van der Waals surface area (Å²) in [6.45, 7) is 2.52. The van der Waals surface area contributed by atoms with E-state index in [0.29, 0.717) is 28.9 Å². The summed E-state index contributed by atoms with van der Waals surface area (Å²) in [6.07, 6.45) is 11.5. The van der Waals surface area contributed by atoms with Crippen LogP contribution in [0.4, 0.5) is 4.39 Å². The number of ether oxygens (including phenoxy) is 3. The number of terminal acetylenes is 1. The zero-order valence-electron chi connectivity index (χ0n) is 21.0. The Balaban J connectivity index is 1.45. The Hall–Kier alpha value is -4.00. The van der Waals surface area contributed by atoms with Gasteiger partial charge in [-0.05, 0) is 62.4 Å². The van der Waals surface area contributed by atoms with Crippen LogP contribution < -0.4 is 9.47 Å². The summed E-state index contributed by atoms with van der Waals surface area (Å²) < 4.78 is 32.9. The number of aromatic nitrogens is 3. The highest BCUT2D eigenvalue weighted by Gasteiger charge is 2.45. The molecule has 194 valence electrons. The third-order valence-electron chi connectivity index (χ3n) is 7.63. The lowest BCUT2D eigenvalue weighted by atomic mass is 9.95. The van der Waals surface area contributed by atoms with Crippen LogP contribution >= 0.6 is 0 Å². The van der Waals surface area contributed by atoms with Crippen molar-refractivity contribution >= 4 is 21.7 Å². The van der Waals surface area contributed by atoms with Gasteiger partial charge in [-0.25, -0.2) is 4.39 Å². The molecule has 2 saturated heterocycles. The molecule has 4 heterocycles. The van der Waals surface area contributed by atoms with Crippen molar-refractivity contribution < 1.29 is 23.7 Å². The fourth-order valence-electron chi connectivity index (χ4n) is 5.85. The van der Waals surface area contributed by atoms with Gasteiger partial charge in [0.05, 0.1) is 10.9 Å². The monoisotopic (exact) mass is 514 g/mol. The zero-order valence-corrected chi connectivity index (χ0v) is 21.0. The molecule has 0 atom stereocenters. The van der Waals surface area contributed by atoms with Gasteiger partial charge in [-0.2, -0.15) is 9.97 Å². The van der Waals surface area contributed by atoms with Crippen LogP contribution in [0, 0.1) is 18.2 Å². The second-order valence-corrected chi connectivity index (χ2v) is 9.79. The summed E-state index contributed by atoms with van der Waals surface area (Å²) >= 11 is 0. The number of fused-ring (bicyclic) bond motifs is 3. The molecule has 0 aliphatic carbocycles. The number of halogens is 1. The normalized spacial score (nSPS) is 16.6. The van der Waals surface area contributed by atoms with Gasteiger partial charge in [0.1, 0.15) is 23.6 Å². The van der Waals surface area contributed by atoms with E-state index >= 15 is 4.39 Å². The number of nitrogens with zero attached hydrogens (tertiary/aromatic N) is 4. The van der Waals surface area contributed by atoms with Gasteiger partial charge in [0.25, 0.3) is 0 Å². The highest BCUT2D eigenvalue weighted by atomic mass is 19.1. The van der Waals surface area contributed by atoms with Crippen molar-refractivity contribution in [3.63, 3.8) is 0 Å². The van der Waals surface area contributed by atoms with Crippen molar-refractivity contribution in [1.29, 1.82) is 0 Å². The number of methoxy groups -OCH3 is 1. The summed E-state index contributed by atoms with van der Waals surface area (Å²) in [4.78, 5) is 15.2. The summed E-state index contributed by atoms with van der Waals surface area (Å²) in [7, 11) is 1.52. The summed E-state index contributed by atoms with van der Waals surface area (Å²) in [6, 6.07) is 8.90. The minimum absolute atomic E-state index is 0.0217. The quantitative estimate of drug-likeness (QED) is 0.281. The Morgan fingerprint density at radius 3 is 2.74 bits per heavy atom. The smallest absolute Gasteiger partial charge is 0.320 e. The van der Waals surface area contributed by atoms with Crippen LogP contribution in [0.25, 0.3) is 32.9 Å². The Morgan fingerprint density at radius 2 is 1.97 bits per heavy atom. The lowest BCUT2D eigenvalue weighted by Gasteiger charge is -2.31. The van der Waals surface area contributed by atoms with Gasteiger partial charge in [0, 0.05) is 29.8 Å². The minimum atomic E-state index is -0.719. The first-order valence-electron chi connectivity index (χ1n) is 12.6. The molecular formula is C29H27FN4O4. The molecule has 2 aliphatic rings. The number of hydrogen-bond donors (Lipinski definition) is 1. The molecule has 0 saturated carbocycles. The Bertz CT molecular complexity index is 1580. The first-order chi connectivity index (χ1) is 18.5. The third kappa shape index (κ3) is 4.06. The molecule has 0 radical (unpaired) electrons. The second-order valence-electron chi connectivity index (χ2n) is 9.79. The lowest BCUT2D eigenvalue weighted by Crippen LogP contribution is -2.43. The van der Waals surface area contributed by atoms with Crippen LogP contribution in [0.2, 0.25) is 0 Å². The Labute approximate surface area is 219 Å². The average molecular weight is 515 g/mol. The minimum Gasteiger partial charge on any atom is -0.493 e. The molecule has 4 aromatic rings. The van der Waals surface area contributed by atoms with E-state index in [-0.39, 0.29) is 40.8 Å². The third-order valence-corrected chi connectivity index (χ3v) is 7.63. The average Bonchev–Trinajstić information content (AvgIpc) is 3.51. The maximum Gasteiger partial charge on any atom is 0.320 e. The van der Waals surface area contributed by atoms with Gasteiger partial charge < -0.3 is 19.3 Å². The van der Waals surface area contributed by atoms with E-state index in [1.807, 2.05) is 18.2 Å². The van der Waals surface area contributed by atoms with Gasteiger partial charge in [0.2, 0.25) is 5.88 Å². The predicted molar refractivity (Wildman–Crippen MR) is 141 cm³/mol. The molecular weight excluding hydrogens is 487 g/mol. The molecule has 0 bridgehead atoms. The van der Waals surface area contributed by atoms with Crippen LogP contribution in [-0.2, 0) is 4.74 Å². The molecule has 6 rings (SSSR count). The van der Waals surface area contributed by atoms with Crippen LogP contribution in [-0.4, -0.2) is 64.1 Å². The van der Waals surface area contributed by atoms with Gasteiger partial charge in [-0.1, -0.05) is 18.1 Å². The van der Waals surface area contributed by atoms with Crippen molar-refractivity contribution in [2.45, 2.75) is 31.2 Å². The fourth-order valence-corrected chi connectivity index (χ4v) is 5.85. The van der Waals surface area contributed by atoms with Crippen LogP contribution in [0.15, 0.2) is 36.5 Å². The van der Waals surface area contributed by atoms with Gasteiger partial charge in [-0.3, -0.25) is 9.88 Å². The van der Waals surface area contributed by atoms with Crippen molar-refractivity contribution in [2.24, 2.45) is 0 Å². The standard InChI is InChI=1S/C29H27FN4O4/c1-3-18-7-4-8-19-13-20(38-17-36-2)14-21(23(18)19)25-24(30)26-22(15-31-25)27(35)33-28(32-26)37-16-29-9-5-11-34(29)12-6-10-29/h1,4,7-8,13-15H,5-6,9-12,16-17H2,2H3,(H,32,33,35). The first kappa shape index (κ1) is 24.3. The van der Waals surface area contributed by atoms with E-state index in [0.717, 1.165) is 44.2 Å². The van der Waals surface area contributed by atoms with E-state index < -0.39 is 5.82 Å². The maximum atomic E-state index is 16.2.